The van der Waals surface area contributed by atoms with Gasteiger partial charge in [0.15, 0.2) is 0 Å². The predicted molar refractivity (Wildman–Crippen MR) is 65.5 cm³/mol. The largest absolute Gasteiger partial charge is 0.309 e. The van der Waals surface area contributed by atoms with E-state index in [1.165, 1.54) is 5.56 Å². The van der Waals surface area contributed by atoms with Crippen LogP contribution in [-0.4, -0.2) is 26.8 Å². The van der Waals surface area contributed by atoms with Crippen LogP contribution < -0.4 is 5.32 Å². The highest BCUT2D eigenvalue weighted by atomic mass is 15.3. The SMILES string of the molecule is CCc1nn(C)cc1C(NC)c1cncnc1. The van der Waals surface area contributed by atoms with Gasteiger partial charge in [0.1, 0.15) is 6.33 Å². The number of hydrogen-bond donors (Lipinski definition) is 1. The molecule has 1 N–H and O–H groups in total. The van der Waals surface area contributed by atoms with E-state index >= 15 is 0 Å². The third kappa shape index (κ3) is 2.34. The van der Waals surface area contributed by atoms with Crippen molar-refractivity contribution in [3.63, 3.8) is 0 Å². The maximum absolute atomic E-state index is 4.46. The van der Waals surface area contributed by atoms with Gasteiger partial charge in [-0.3, -0.25) is 4.68 Å². The molecule has 2 aromatic heterocycles. The van der Waals surface area contributed by atoms with Crippen LogP contribution in [0.1, 0.15) is 29.8 Å². The first-order chi connectivity index (χ1) is 8.26. The number of aromatic nitrogens is 4. The maximum atomic E-state index is 4.46. The van der Waals surface area contributed by atoms with E-state index in [0.717, 1.165) is 17.7 Å². The van der Waals surface area contributed by atoms with Crippen LogP contribution in [0, 0.1) is 0 Å². The topological polar surface area (TPSA) is 55.6 Å². The van der Waals surface area contributed by atoms with Crippen molar-refractivity contribution in [2.75, 3.05) is 7.05 Å². The van der Waals surface area contributed by atoms with Crippen LogP contribution in [-0.2, 0) is 13.5 Å². The smallest absolute Gasteiger partial charge is 0.115 e. The average Bonchev–Trinajstić information content (AvgIpc) is 2.73. The van der Waals surface area contributed by atoms with Crippen molar-refractivity contribution in [2.24, 2.45) is 7.05 Å². The van der Waals surface area contributed by atoms with Crippen LogP contribution in [0.25, 0.3) is 0 Å². The second-order valence-electron chi connectivity index (χ2n) is 3.95. The molecule has 0 spiro atoms. The quantitative estimate of drug-likeness (QED) is 0.855. The standard InChI is InChI=1S/C12H17N5/c1-4-11-10(7-17(3)16-11)12(13-2)9-5-14-8-15-6-9/h5-8,12-13H,4H2,1-3H3. The van der Waals surface area contributed by atoms with E-state index in [4.69, 9.17) is 0 Å². The minimum absolute atomic E-state index is 0.0971. The summed E-state index contributed by atoms with van der Waals surface area (Å²) in [5, 5.41) is 7.75. The molecule has 0 aromatic carbocycles. The van der Waals surface area contributed by atoms with Gasteiger partial charge in [-0.1, -0.05) is 6.92 Å². The number of aryl methyl sites for hydroxylation is 2. The van der Waals surface area contributed by atoms with Crippen LogP contribution in [0.5, 0.6) is 0 Å². The van der Waals surface area contributed by atoms with E-state index in [9.17, 15) is 0 Å². The van der Waals surface area contributed by atoms with Crippen LogP contribution in [0.3, 0.4) is 0 Å². The highest BCUT2D eigenvalue weighted by Crippen LogP contribution is 2.23. The van der Waals surface area contributed by atoms with Crippen molar-refractivity contribution in [3.8, 4) is 0 Å². The van der Waals surface area contributed by atoms with Gasteiger partial charge in [-0.05, 0) is 13.5 Å². The van der Waals surface area contributed by atoms with E-state index in [1.54, 1.807) is 6.33 Å². The van der Waals surface area contributed by atoms with E-state index in [-0.39, 0.29) is 6.04 Å². The van der Waals surface area contributed by atoms with Gasteiger partial charge in [-0.15, -0.1) is 0 Å². The highest BCUT2D eigenvalue weighted by molar-refractivity contribution is 5.30. The zero-order valence-corrected chi connectivity index (χ0v) is 10.4. The van der Waals surface area contributed by atoms with Gasteiger partial charge in [0.25, 0.3) is 0 Å². The van der Waals surface area contributed by atoms with Gasteiger partial charge in [0, 0.05) is 36.8 Å². The van der Waals surface area contributed by atoms with Gasteiger partial charge < -0.3 is 5.32 Å². The van der Waals surface area contributed by atoms with Crippen LogP contribution in [0.4, 0.5) is 0 Å². The number of hydrogen-bond acceptors (Lipinski definition) is 4. The van der Waals surface area contributed by atoms with Gasteiger partial charge >= 0.3 is 0 Å². The summed E-state index contributed by atoms with van der Waals surface area (Å²) in [5.74, 6) is 0. The minimum Gasteiger partial charge on any atom is -0.309 e. The third-order valence-electron chi connectivity index (χ3n) is 2.79. The molecule has 1 atom stereocenters. The number of nitrogens with zero attached hydrogens (tertiary/aromatic N) is 4. The Morgan fingerprint density at radius 3 is 2.65 bits per heavy atom. The van der Waals surface area contributed by atoms with E-state index in [1.807, 2.05) is 37.4 Å². The molecule has 0 bridgehead atoms. The van der Waals surface area contributed by atoms with Gasteiger partial charge in [0.05, 0.1) is 11.7 Å². The fourth-order valence-corrected chi connectivity index (χ4v) is 2.03. The Balaban J connectivity index is 2.42. The Hall–Kier alpha value is -1.75. The highest BCUT2D eigenvalue weighted by Gasteiger charge is 2.18. The normalized spacial score (nSPS) is 12.6. The minimum atomic E-state index is 0.0971. The second kappa shape index (κ2) is 5.05. The molecule has 2 heterocycles. The summed E-state index contributed by atoms with van der Waals surface area (Å²) in [6.07, 6.45) is 8.18. The lowest BCUT2D eigenvalue weighted by atomic mass is 10.0. The summed E-state index contributed by atoms with van der Waals surface area (Å²) in [4.78, 5) is 8.13. The first-order valence-electron chi connectivity index (χ1n) is 5.70. The Kier molecular flexibility index (Phi) is 3.49. The molecule has 2 rings (SSSR count). The zero-order valence-electron chi connectivity index (χ0n) is 10.4. The fraction of sp³-hybridized carbons (Fsp3) is 0.417. The zero-order chi connectivity index (χ0) is 12.3. The van der Waals surface area contributed by atoms with Crippen molar-refractivity contribution in [2.45, 2.75) is 19.4 Å². The van der Waals surface area contributed by atoms with Crippen LogP contribution in [0.15, 0.2) is 24.9 Å². The fourth-order valence-electron chi connectivity index (χ4n) is 2.03. The Bertz CT molecular complexity index is 477. The molecule has 5 heteroatoms. The van der Waals surface area contributed by atoms with Crippen LogP contribution in [0.2, 0.25) is 0 Å². The Morgan fingerprint density at radius 1 is 1.35 bits per heavy atom. The molecule has 1 unspecified atom stereocenters. The first kappa shape index (κ1) is 11.7. The molecule has 17 heavy (non-hydrogen) atoms. The molecule has 0 radical (unpaired) electrons. The number of rotatable bonds is 4. The van der Waals surface area contributed by atoms with Crippen molar-refractivity contribution < 1.29 is 0 Å². The van der Waals surface area contributed by atoms with Crippen molar-refractivity contribution in [1.29, 1.82) is 0 Å². The summed E-state index contributed by atoms with van der Waals surface area (Å²) in [5.41, 5.74) is 3.35. The molecule has 0 fully saturated rings. The maximum Gasteiger partial charge on any atom is 0.115 e. The Labute approximate surface area is 101 Å². The molecule has 5 nitrogen and oxygen atoms in total. The monoisotopic (exact) mass is 231 g/mol. The molecule has 0 aliphatic rings. The molecule has 0 aliphatic heterocycles. The Morgan fingerprint density at radius 2 is 2.06 bits per heavy atom. The van der Waals surface area contributed by atoms with Crippen LogP contribution >= 0.6 is 0 Å². The van der Waals surface area contributed by atoms with E-state index in [2.05, 4.69) is 27.3 Å². The molecule has 0 saturated carbocycles. The van der Waals surface area contributed by atoms with Gasteiger partial charge in [0.2, 0.25) is 0 Å². The molecular weight excluding hydrogens is 214 g/mol. The molecule has 2 aromatic rings. The predicted octanol–water partition coefficient (Wildman–Crippen LogP) is 1.08. The molecule has 0 amide bonds. The lowest BCUT2D eigenvalue weighted by Crippen LogP contribution is -2.18. The van der Waals surface area contributed by atoms with Gasteiger partial charge in [-0.2, -0.15) is 5.10 Å². The first-order valence-corrected chi connectivity index (χ1v) is 5.70. The molecule has 0 saturated heterocycles. The molecular formula is C12H17N5. The number of nitrogens with one attached hydrogen (secondary N) is 1. The third-order valence-corrected chi connectivity index (χ3v) is 2.79. The van der Waals surface area contributed by atoms with E-state index in [0.29, 0.717) is 0 Å². The molecule has 0 aliphatic carbocycles. The summed E-state index contributed by atoms with van der Waals surface area (Å²) in [6, 6.07) is 0.0971. The summed E-state index contributed by atoms with van der Waals surface area (Å²) in [6.45, 7) is 2.11. The van der Waals surface area contributed by atoms with Crippen molar-refractivity contribution >= 4 is 0 Å². The lowest BCUT2D eigenvalue weighted by Gasteiger charge is -2.15. The van der Waals surface area contributed by atoms with E-state index < -0.39 is 0 Å². The second-order valence-corrected chi connectivity index (χ2v) is 3.95. The molecule has 90 valence electrons. The summed E-state index contributed by atoms with van der Waals surface area (Å²) >= 11 is 0. The summed E-state index contributed by atoms with van der Waals surface area (Å²) in [7, 11) is 3.88. The van der Waals surface area contributed by atoms with Crippen molar-refractivity contribution in [3.05, 3.63) is 41.7 Å². The lowest BCUT2D eigenvalue weighted by molar-refractivity contribution is 0.677. The average molecular weight is 231 g/mol. The van der Waals surface area contributed by atoms with Gasteiger partial charge in [-0.25, -0.2) is 9.97 Å². The van der Waals surface area contributed by atoms with Crippen molar-refractivity contribution in [1.82, 2.24) is 25.1 Å². The summed E-state index contributed by atoms with van der Waals surface area (Å²) < 4.78 is 1.85.